The molecule has 1 aromatic heterocycles. The van der Waals surface area contributed by atoms with Crippen molar-refractivity contribution in [2.45, 2.75) is 18.7 Å². The van der Waals surface area contributed by atoms with Gasteiger partial charge in [-0.3, -0.25) is 0 Å². The van der Waals surface area contributed by atoms with Crippen LogP contribution in [0.4, 0.5) is 0 Å². The number of ether oxygens (including phenoxy) is 1. The van der Waals surface area contributed by atoms with E-state index in [0.717, 1.165) is 3.97 Å². The smallest absolute Gasteiger partial charge is 0.339 e. The fourth-order valence-electron chi connectivity index (χ4n) is 2.74. The van der Waals surface area contributed by atoms with Gasteiger partial charge in [-0.1, -0.05) is 48.5 Å². The maximum Gasteiger partial charge on any atom is 0.339 e. The van der Waals surface area contributed by atoms with Crippen molar-refractivity contribution >= 4 is 16.0 Å². The highest BCUT2D eigenvalue weighted by molar-refractivity contribution is 7.90. The van der Waals surface area contributed by atoms with Crippen LogP contribution >= 0.6 is 0 Å². The lowest BCUT2D eigenvalue weighted by molar-refractivity contribution is 0.0526. The summed E-state index contributed by atoms with van der Waals surface area (Å²) in [6, 6.07) is 17.4. The lowest BCUT2D eigenvalue weighted by Gasteiger charge is -2.12. The van der Waals surface area contributed by atoms with E-state index in [1.807, 2.05) is 18.2 Å². The Kier molecular flexibility index (Phi) is 4.95. The summed E-state index contributed by atoms with van der Waals surface area (Å²) >= 11 is 0. The van der Waals surface area contributed by atoms with Gasteiger partial charge in [-0.15, -0.1) is 0 Å². The van der Waals surface area contributed by atoms with E-state index >= 15 is 0 Å². The van der Waals surface area contributed by atoms with Gasteiger partial charge in [0.15, 0.2) is 0 Å². The molecule has 134 valence electrons. The molecule has 0 saturated heterocycles. The highest BCUT2D eigenvalue weighted by Gasteiger charge is 2.25. The number of nitrogens with zero attached hydrogens (tertiary/aromatic N) is 1. The largest absolute Gasteiger partial charge is 0.462 e. The molecule has 0 atom stereocenters. The standard InChI is InChI=1S/C20H19NO4S/c1-3-25-20(22)17-13-18(16-10-5-4-6-11-16)21(14-17)26(23,24)19-12-8-7-9-15(19)2/h4-14H,3H2,1-2H3. The van der Waals surface area contributed by atoms with Gasteiger partial charge in [-0.25, -0.2) is 17.2 Å². The molecule has 3 aromatic rings. The number of rotatable bonds is 5. The fourth-order valence-corrected chi connectivity index (χ4v) is 4.35. The third-order valence-electron chi connectivity index (χ3n) is 4.00. The zero-order valence-corrected chi connectivity index (χ0v) is 15.4. The van der Waals surface area contributed by atoms with Crippen molar-refractivity contribution in [1.82, 2.24) is 3.97 Å². The maximum absolute atomic E-state index is 13.3. The van der Waals surface area contributed by atoms with Gasteiger partial charge in [-0.2, -0.15) is 0 Å². The van der Waals surface area contributed by atoms with Gasteiger partial charge in [0.25, 0.3) is 10.0 Å². The van der Waals surface area contributed by atoms with Gasteiger partial charge < -0.3 is 4.74 Å². The normalized spacial score (nSPS) is 11.3. The van der Waals surface area contributed by atoms with Crippen molar-refractivity contribution in [2.24, 2.45) is 0 Å². The van der Waals surface area contributed by atoms with Gasteiger partial charge in [0.1, 0.15) is 0 Å². The number of aromatic nitrogens is 1. The lowest BCUT2D eigenvalue weighted by Crippen LogP contribution is -2.14. The first-order chi connectivity index (χ1) is 12.4. The van der Waals surface area contributed by atoms with Gasteiger partial charge in [-0.05, 0) is 37.1 Å². The Morgan fingerprint density at radius 2 is 1.69 bits per heavy atom. The monoisotopic (exact) mass is 369 g/mol. The minimum Gasteiger partial charge on any atom is -0.462 e. The number of carbonyl (C=O) groups is 1. The topological polar surface area (TPSA) is 65.4 Å². The van der Waals surface area contributed by atoms with E-state index in [1.54, 1.807) is 56.3 Å². The molecule has 6 heteroatoms. The Bertz CT molecular complexity index is 1040. The van der Waals surface area contributed by atoms with Crippen molar-refractivity contribution in [2.75, 3.05) is 6.61 Å². The summed E-state index contributed by atoms with van der Waals surface area (Å²) in [4.78, 5) is 12.3. The summed E-state index contributed by atoms with van der Waals surface area (Å²) in [5.41, 5.74) is 1.94. The maximum atomic E-state index is 13.3. The Morgan fingerprint density at radius 3 is 2.35 bits per heavy atom. The number of hydrogen-bond donors (Lipinski definition) is 0. The van der Waals surface area contributed by atoms with E-state index in [9.17, 15) is 13.2 Å². The first-order valence-corrected chi connectivity index (χ1v) is 9.65. The molecule has 0 unspecified atom stereocenters. The van der Waals surface area contributed by atoms with Gasteiger partial charge >= 0.3 is 5.97 Å². The second kappa shape index (κ2) is 7.17. The van der Waals surface area contributed by atoms with E-state index in [0.29, 0.717) is 16.8 Å². The van der Waals surface area contributed by atoms with Gasteiger partial charge in [0, 0.05) is 6.20 Å². The van der Waals surface area contributed by atoms with Crippen LogP contribution in [0.25, 0.3) is 11.3 Å². The van der Waals surface area contributed by atoms with Crippen LogP contribution in [-0.2, 0) is 14.8 Å². The first-order valence-electron chi connectivity index (χ1n) is 8.21. The molecule has 3 rings (SSSR count). The van der Waals surface area contributed by atoms with Crippen molar-refractivity contribution in [3.8, 4) is 11.3 Å². The average molecular weight is 369 g/mol. The van der Waals surface area contributed by atoms with Crippen LogP contribution < -0.4 is 0 Å². The Morgan fingerprint density at radius 1 is 1.04 bits per heavy atom. The van der Waals surface area contributed by atoms with Crippen LogP contribution in [-0.4, -0.2) is 25.0 Å². The van der Waals surface area contributed by atoms with E-state index < -0.39 is 16.0 Å². The molecule has 0 aliphatic rings. The molecule has 2 aromatic carbocycles. The van der Waals surface area contributed by atoms with E-state index in [-0.39, 0.29) is 17.1 Å². The lowest BCUT2D eigenvalue weighted by atomic mass is 10.1. The molecule has 1 heterocycles. The molecule has 26 heavy (non-hydrogen) atoms. The predicted octanol–water partition coefficient (Wildman–Crippen LogP) is 3.88. The van der Waals surface area contributed by atoms with Crippen LogP contribution in [0.2, 0.25) is 0 Å². The molecule has 0 spiro atoms. The summed E-state index contributed by atoms with van der Waals surface area (Å²) in [6.45, 7) is 3.66. The second-order valence-electron chi connectivity index (χ2n) is 5.77. The summed E-state index contributed by atoms with van der Waals surface area (Å²) in [5.74, 6) is -0.552. The Balaban J connectivity index is 2.23. The van der Waals surface area contributed by atoms with Crippen LogP contribution in [0.5, 0.6) is 0 Å². The van der Waals surface area contributed by atoms with Crippen molar-refractivity contribution in [1.29, 1.82) is 0 Å². The first kappa shape index (κ1) is 17.9. The molecule has 0 bridgehead atoms. The molecular weight excluding hydrogens is 350 g/mol. The molecular formula is C20H19NO4S. The molecule has 0 amide bonds. The third-order valence-corrected chi connectivity index (χ3v) is 5.83. The van der Waals surface area contributed by atoms with Crippen molar-refractivity contribution < 1.29 is 17.9 Å². The number of benzene rings is 2. The minimum atomic E-state index is -3.87. The van der Waals surface area contributed by atoms with Crippen molar-refractivity contribution in [3.05, 3.63) is 78.0 Å². The highest BCUT2D eigenvalue weighted by atomic mass is 32.2. The van der Waals surface area contributed by atoms with Crippen LogP contribution in [0.15, 0.2) is 71.8 Å². The summed E-state index contributed by atoms with van der Waals surface area (Å²) in [7, 11) is -3.87. The number of carbonyl (C=O) groups excluding carboxylic acids is 1. The third kappa shape index (κ3) is 3.28. The average Bonchev–Trinajstić information content (AvgIpc) is 3.09. The van der Waals surface area contributed by atoms with Crippen molar-refractivity contribution in [3.63, 3.8) is 0 Å². The number of esters is 1. The molecule has 0 fully saturated rings. The summed E-state index contributed by atoms with van der Waals surface area (Å²) in [6.07, 6.45) is 1.32. The zero-order chi connectivity index (χ0) is 18.7. The van der Waals surface area contributed by atoms with E-state index in [4.69, 9.17) is 4.74 Å². The molecule has 5 nitrogen and oxygen atoms in total. The SMILES string of the molecule is CCOC(=O)c1cc(-c2ccccc2)n(S(=O)(=O)c2ccccc2C)c1. The second-order valence-corrected chi connectivity index (χ2v) is 7.55. The van der Waals surface area contributed by atoms with Gasteiger partial charge in [0.05, 0.1) is 22.8 Å². The zero-order valence-electron chi connectivity index (χ0n) is 14.5. The minimum absolute atomic E-state index is 0.197. The molecule has 0 radical (unpaired) electrons. The van der Waals surface area contributed by atoms with Crippen LogP contribution in [0, 0.1) is 6.92 Å². The molecule has 0 saturated carbocycles. The van der Waals surface area contributed by atoms with E-state index in [1.165, 1.54) is 6.20 Å². The predicted molar refractivity (Wildman–Crippen MR) is 99.6 cm³/mol. The van der Waals surface area contributed by atoms with Gasteiger partial charge in [0.2, 0.25) is 0 Å². The highest BCUT2D eigenvalue weighted by Crippen LogP contribution is 2.28. The Hall–Kier alpha value is -2.86. The molecule has 0 N–H and O–H groups in total. The number of hydrogen-bond acceptors (Lipinski definition) is 4. The molecule has 0 aliphatic heterocycles. The summed E-state index contributed by atoms with van der Waals surface area (Å²) < 4.78 is 32.7. The Labute approximate surface area is 152 Å². The quantitative estimate of drug-likeness (QED) is 0.640. The summed E-state index contributed by atoms with van der Waals surface area (Å²) in [5, 5.41) is 0. The fraction of sp³-hybridized carbons (Fsp3) is 0.150. The number of aryl methyl sites for hydroxylation is 1. The van der Waals surface area contributed by atoms with Crippen LogP contribution in [0.3, 0.4) is 0 Å². The van der Waals surface area contributed by atoms with E-state index in [2.05, 4.69) is 0 Å². The molecule has 0 aliphatic carbocycles. The van der Waals surface area contributed by atoms with Crippen LogP contribution in [0.1, 0.15) is 22.8 Å².